The third-order valence-electron chi connectivity index (χ3n) is 4.67. The molecule has 24 heavy (non-hydrogen) atoms. The second-order valence-electron chi connectivity index (χ2n) is 6.17. The second-order valence-corrected chi connectivity index (χ2v) is 6.17. The van der Waals surface area contributed by atoms with Gasteiger partial charge in [0.05, 0.1) is 6.07 Å². The summed E-state index contributed by atoms with van der Waals surface area (Å²) < 4.78 is 0. The zero-order valence-electron chi connectivity index (χ0n) is 13.7. The van der Waals surface area contributed by atoms with Crippen molar-refractivity contribution in [2.24, 2.45) is 0 Å². The van der Waals surface area contributed by atoms with E-state index in [1.165, 1.54) is 4.80 Å². The number of tetrazole rings is 1. The lowest BCUT2D eigenvalue weighted by atomic mass is 9.81. The van der Waals surface area contributed by atoms with Gasteiger partial charge in [0.1, 0.15) is 12.1 Å². The molecule has 1 aromatic heterocycles. The first kappa shape index (κ1) is 16.1. The number of aromatic nitrogens is 4. The van der Waals surface area contributed by atoms with Crippen LogP contribution in [0.5, 0.6) is 0 Å². The second kappa shape index (κ2) is 6.79. The van der Waals surface area contributed by atoms with E-state index in [-0.39, 0.29) is 12.5 Å². The molecule has 7 heteroatoms. The van der Waals surface area contributed by atoms with Crippen molar-refractivity contribution >= 4 is 5.91 Å². The maximum atomic E-state index is 12.6. The Morgan fingerprint density at radius 3 is 2.67 bits per heavy atom. The van der Waals surface area contributed by atoms with E-state index in [9.17, 15) is 10.1 Å². The Morgan fingerprint density at radius 1 is 1.29 bits per heavy atom. The summed E-state index contributed by atoms with van der Waals surface area (Å²) in [5, 5.41) is 21.8. The molecule has 7 nitrogen and oxygen atoms in total. The molecular weight excluding hydrogens is 304 g/mol. The molecular formula is C17H20N6O. The summed E-state index contributed by atoms with van der Waals surface area (Å²) >= 11 is 0. The predicted molar refractivity (Wildman–Crippen MR) is 87.5 cm³/mol. The standard InChI is InChI=1S/C17H20N6O/c1-22(17(13-18)10-6-3-7-11-17)15(24)12-23-20-16(19-21-23)14-8-4-2-5-9-14/h2,4-5,8-9H,3,6-7,10-12H2,1H3. The lowest BCUT2D eigenvalue weighted by molar-refractivity contribution is -0.136. The number of rotatable bonds is 4. The average Bonchev–Trinajstić information content (AvgIpc) is 3.11. The minimum atomic E-state index is -0.696. The van der Waals surface area contributed by atoms with E-state index in [1.54, 1.807) is 11.9 Å². The van der Waals surface area contributed by atoms with Crippen LogP contribution in [0.2, 0.25) is 0 Å². The van der Waals surface area contributed by atoms with Crippen molar-refractivity contribution in [2.75, 3.05) is 7.05 Å². The summed E-state index contributed by atoms with van der Waals surface area (Å²) in [4.78, 5) is 15.4. The van der Waals surface area contributed by atoms with Crippen LogP contribution < -0.4 is 0 Å². The highest BCUT2D eigenvalue weighted by Crippen LogP contribution is 2.32. The van der Waals surface area contributed by atoms with Crippen LogP contribution in [-0.2, 0) is 11.3 Å². The molecule has 0 aliphatic heterocycles. The van der Waals surface area contributed by atoms with Crippen molar-refractivity contribution in [1.82, 2.24) is 25.1 Å². The topological polar surface area (TPSA) is 87.7 Å². The normalized spacial score (nSPS) is 16.3. The van der Waals surface area contributed by atoms with Crippen LogP contribution in [0.3, 0.4) is 0 Å². The molecule has 0 unspecified atom stereocenters. The number of nitriles is 1. The Hall–Kier alpha value is -2.75. The number of carbonyl (C=O) groups excluding carboxylic acids is 1. The van der Waals surface area contributed by atoms with Crippen molar-refractivity contribution in [3.8, 4) is 17.5 Å². The maximum Gasteiger partial charge on any atom is 0.247 e. The molecule has 1 saturated carbocycles. The fraction of sp³-hybridized carbons (Fsp3) is 0.471. The number of likely N-dealkylation sites (N-methyl/N-ethyl adjacent to an activating group) is 1. The molecule has 1 heterocycles. The summed E-state index contributed by atoms with van der Waals surface area (Å²) in [5.74, 6) is 0.314. The quantitative estimate of drug-likeness (QED) is 0.858. The third-order valence-corrected chi connectivity index (χ3v) is 4.67. The molecule has 1 aromatic carbocycles. The first-order valence-corrected chi connectivity index (χ1v) is 8.16. The van der Waals surface area contributed by atoms with Gasteiger partial charge in [-0.2, -0.15) is 10.1 Å². The predicted octanol–water partition coefficient (Wildman–Crippen LogP) is 2.02. The molecule has 2 aromatic rings. The van der Waals surface area contributed by atoms with Crippen LogP contribution in [0.15, 0.2) is 30.3 Å². The molecule has 1 amide bonds. The Bertz CT molecular complexity index is 742. The Labute approximate surface area is 140 Å². The number of benzene rings is 1. The van der Waals surface area contributed by atoms with E-state index in [0.717, 1.165) is 37.7 Å². The van der Waals surface area contributed by atoms with Gasteiger partial charge in [0, 0.05) is 12.6 Å². The largest absolute Gasteiger partial charge is 0.325 e. The van der Waals surface area contributed by atoms with E-state index in [4.69, 9.17) is 0 Å². The van der Waals surface area contributed by atoms with Gasteiger partial charge in [0.15, 0.2) is 0 Å². The monoisotopic (exact) mass is 324 g/mol. The van der Waals surface area contributed by atoms with Crippen molar-refractivity contribution in [3.63, 3.8) is 0 Å². The lowest BCUT2D eigenvalue weighted by Gasteiger charge is -2.38. The van der Waals surface area contributed by atoms with Gasteiger partial charge >= 0.3 is 0 Å². The fourth-order valence-electron chi connectivity index (χ4n) is 3.14. The minimum Gasteiger partial charge on any atom is -0.325 e. The third kappa shape index (κ3) is 3.13. The van der Waals surface area contributed by atoms with Crippen molar-refractivity contribution in [1.29, 1.82) is 5.26 Å². The molecule has 1 fully saturated rings. The molecule has 0 radical (unpaired) electrons. The number of carbonyl (C=O) groups is 1. The van der Waals surface area contributed by atoms with Crippen LogP contribution in [0, 0.1) is 11.3 Å². The Kier molecular flexibility index (Phi) is 4.56. The number of amides is 1. The summed E-state index contributed by atoms with van der Waals surface area (Å²) in [7, 11) is 1.70. The minimum absolute atomic E-state index is 0.0141. The number of nitrogens with zero attached hydrogens (tertiary/aromatic N) is 6. The van der Waals surface area contributed by atoms with Crippen molar-refractivity contribution in [3.05, 3.63) is 30.3 Å². The lowest BCUT2D eigenvalue weighted by Crippen LogP contribution is -2.50. The van der Waals surface area contributed by atoms with E-state index in [0.29, 0.717) is 5.82 Å². The molecule has 3 rings (SSSR count). The number of hydrogen-bond donors (Lipinski definition) is 0. The van der Waals surface area contributed by atoms with Crippen LogP contribution in [0.1, 0.15) is 32.1 Å². The Morgan fingerprint density at radius 2 is 2.00 bits per heavy atom. The van der Waals surface area contributed by atoms with Gasteiger partial charge in [0.2, 0.25) is 11.7 Å². The SMILES string of the molecule is CN(C(=O)Cn1nnc(-c2ccccc2)n1)C1(C#N)CCCCC1. The highest BCUT2D eigenvalue weighted by atomic mass is 16.2. The molecule has 0 saturated heterocycles. The molecule has 0 N–H and O–H groups in total. The zero-order chi connectivity index (χ0) is 17.0. The summed E-state index contributed by atoms with van der Waals surface area (Å²) in [5.41, 5.74) is 0.156. The van der Waals surface area contributed by atoms with Crippen LogP contribution >= 0.6 is 0 Å². The van der Waals surface area contributed by atoms with Gasteiger partial charge in [-0.25, -0.2) is 0 Å². The molecule has 1 aliphatic carbocycles. The van der Waals surface area contributed by atoms with Gasteiger partial charge in [0.25, 0.3) is 0 Å². The number of hydrogen-bond acceptors (Lipinski definition) is 5. The van der Waals surface area contributed by atoms with Crippen LogP contribution in [0.25, 0.3) is 11.4 Å². The summed E-state index contributed by atoms with van der Waals surface area (Å²) in [6, 6.07) is 11.8. The van der Waals surface area contributed by atoms with Crippen LogP contribution in [0.4, 0.5) is 0 Å². The smallest absolute Gasteiger partial charge is 0.247 e. The van der Waals surface area contributed by atoms with E-state index >= 15 is 0 Å². The van der Waals surface area contributed by atoms with Gasteiger partial charge in [-0.3, -0.25) is 4.79 Å². The first-order valence-electron chi connectivity index (χ1n) is 8.16. The molecule has 0 atom stereocenters. The van der Waals surface area contributed by atoms with Gasteiger partial charge < -0.3 is 4.90 Å². The van der Waals surface area contributed by atoms with Gasteiger partial charge in [-0.05, 0) is 18.1 Å². The highest BCUT2D eigenvalue weighted by molar-refractivity contribution is 5.77. The summed E-state index contributed by atoms with van der Waals surface area (Å²) in [6.07, 6.45) is 4.53. The molecule has 124 valence electrons. The maximum absolute atomic E-state index is 12.6. The van der Waals surface area contributed by atoms with Gasteiger partial charge in [-0.15, -0.1) is 10.2 Å². The van der Waals surface area contributed by atoms with Gasteiger partial charge in [-0.1, -0.05) is 49.6 Å². The Balaban J connectivity index is 1.71. The molecule has 1 aliphatic rings. The first-order chi connectivity index (χ1) is 11.6. The average molecular weight is 324 g/mol. The van der Waals surface area contributed by atoms with E-state index < -0.39 is 5.54 Å². The molecule has 0 spiro atoms. The van der Waals surface area contributed by atoms with Crippen molar-refractivity contribution < 1.29 is 4.79 Å². The van der Waals surface area contributed by atoms with E-state index in [1.807, 2.05) is 30.3 Å². The zero-order valence-corrected chi connectivity index (χ0v) is 13.7. The fourth-order valence-corrected chi connectivity index (χ4v) is 3.14. The molecule has 0 bridgehead atoms. The van der Waals surface area contributed by atoms with Crippen LogP contribution in [-0.4, -0.2) is 43.6 Å². The summed E-state index contributed by atoms with van der Waals surface area (Å²) in [6.45, 7) is -0.0141. The highest BCUT2D eigenvalue weighted by Gasteiger charge is 2.38. The van der Waals surface area contributed by atoms with E-state index in [2.05, 4.69) is 21.5 Å². The van der Waals surface area contributed by atoms with Crippen molar-refractivity contribution in [2.45, 2.75) is 44.2 Å².